The molecule has 0 aromatic rings. The lowest BCUT2D eigenvalue weighted by Crippen LogP contribution is -2.48. The van der Waals surface area contributed by atoms with Crippen LogP contribution in [0.3, 0.4) is 0 Å². The Labute approximate surface area is 152 Å². The fourth-order valence-corrected chi connectivity index (χ4v) is 4.19. The highest BCUT2D eigenvalue weighted by Crippen LogP contribution is 2.29. The Hall–Kier alpha value is -1.31. The molecule has 0 N–H and O–H groups in total. The minimum atomic E-state index is 0.342. The fourth-order valence-electron chi connectivity index (χ4n) is 3.22. The number of thiol groups is 1. The fraction of sp³-hybridized carbons (Fsp3) is 0.471. The molecule has 0 saturated carbocycles. The van der Waals surface area contributed by atoms with E-state index < -0.39 is 0 Å². The van der Waals surface area contributed by atoms with Gasteiger partial charge in [-0.05, 0) is 11.6 Å². The second kappa shape index (κ2) is 7.29. The summed E-state index contributed by atoms with van der Waals surface area (Å²) in [6.45, 7) is 5.67. The average Bonchev–Trinajstić information content (AvgIpc) is 2.96. The number of hydrogen-bond acceptors (Lipinski definition) is 7. The molecule has 0 bridgehead atoms. The van der Waals surface area contributed by atoms with Crippen LogP contribution in [0.15, 0.2) is 49.8 Å². The maximum Gasteiger partial charge on any atom is 0.221 e. The van der Waals surface area contributed by atoms with Gasteiger partial charge in [0.25, 0.3) is 0 Å². The minimum absolute atomic E-state index is 0.342. The molecule has 2 unspecified atom stereocenters. The van der Waals surface area contributed by atoms with Crippen molar-refractivity contribution in [3.05, 3.63) is 34.8 Å². The summed E-state index contributed by atoms with van der Waals surface area (Å²) in [4.78, 5) is 19.2. The first-order valence-corrected chi connectivity index (χ1v) is 9.68. The van der Waals surface area contributed by atoms with E-state index in [1.807, 2.05) is 23.4 Å². The number of hydrogen-bond donors (Lipinski definition) is 1. The summed E-state index contributed by atoms with van der Waals surface area (Å²) in [7, 11) is 0. The summed E-state index contributed by atoms with van der Waals surface area (Å²) in [6.07, 6.45) is 10.7. The lowest BCUT2D eigenvalue weighted by Gasteiger charge is -2.35. The first kappa shape index (κ1) is 16.2. The molecule has 4 aliphatic rings. The molecule has 0 aromatic heterocycles. The maximum absolute atomic E-state index is 4.53. The molecule has 1 saturated heterocycles. The maximum atomic E-state index is 4.53. The third kappa shape index (κ3) is 3.68. The van der Waals surface area contributed by atoms with Crippen molar-refractivity contribution >= 4 is 42.1 Å². The Balaban J connectivity index is 1.31. The van der Waals surface area contributed by atoms with E-state index in [4.69, 9.17) is 0 Å². The average molecular weight is 360 g/mol. The van der Waals surface area contributed by atoms with E-state index in [-0.39, 0.29) is 0 Å². The van der Waals surface area contributed by atoms with Crippen LogP contribution in [-0.4, -0.2) is 78.1 Å². The standard InChI is InChI=1S/C17H21N5S2/c23-14-3-4-18-17(19-10-14)22-7-5-21(6-8-22)11-13-1-2-16-15(9-13)20-12-24-16/h1-3,9-10,12,15-16,23H,4-8,11H2. The van der Waals surface area contributed by atoms with E-state index in [0.717, 1.165) is 43.6 Å². The van der Waals surface area contributed by atoms with Crippen LogP contribution < -0.4 is 0 Å². The van der Waals surface area contributed by atoms with E-state index in [2.05, 4.69) is 55.6 Å². The molecular formula is C17H21N5S2. The first-order valence-electron chi connectivity index (χ1n) is 8.29. The van der Waals surface area contributed by atoms with Crippen molar-refractivity contribution in [2.24, 2.45) is 15.0 Å². The molecule has 1 fully saturated rings. The topological polar surface area (TPSA) is 43.6 Å². The van der Waals surface area contributed by atoms with Crippen molar-refractivity contribution in [1.82, 2.24) is 9.80 Å². The van der Waals surface area contributed by atoms with Crippen molar-refractivity contribution in [3.8, 4) is 0 Å². The van der Waals surface area contributed by atoms with Gasteiger partial charge in [-0.3, -0.25) is 9.89 Å². The number of aliphatic imine (C=N–C) groups is 3. The Morgan fingerprint density at radius 2 is 2.12 bits per heavy atom. The van der Waals surface area contributed by atoms with Gasteiger partial charge < -0.3 is 4.90 Å². The molecule has 1 aliphatic carbocycles. The van der Waals surface area contributed by atoms with Crippen molar-refractivity contribution in [3.63, 3.8) is 0 Å². The molecule has 24 heavy (non-hydrogen) atoms. The van der Waals surface area contributed by atoms with Crippen molar-refractivity contribution < 1.29 is 0 Å². The van der Waals surface area contributed by atoms with Gasteiger partial charge in [-0.1, -0.05) is 18.2 Å². The minimum Gasteiger partial charge on any atom is -0.339 e. The highest BCUT2D eigenvalue weighted by atomic mass is 32.2. The molecule has 7 heteroatoms. The van der Waals surface area contributed by atoms with Gasteiger partial charge in [0.15, 0.2) is 0 Å². The zero-order valence-electron chi connectivity index (χ0n) is 13.5. The number of nitrogens with zero attached hydrogens (tertiary/aromatic N) is 5. The van der Waals surface area contributed by atoms with Crippen molar-refractivity contribution in [2.45, 2.75) is 11.3 Å². The Kier molecular flexibility index (Phi) is 4.91. The van der Waals surface area contributed by atoms with Crippen LogP contribution in [0.4, 0.5) is 0 Å². The first-order chi connectivity index (χ1) is 11.8. The molecule has 4 rings (SSSR count). The van der Waals surface area contributed by atoms with Crippen molar-refractivity contribution in [2.75, 3.05) is 39.3 Å². The summed E-state index contributed by atoms with van der Waals surface area (Å²) in [5.41, 5.74) is 3.37. The van der Waals surface area contributed by atoms with E-state index in [1.54, 1.807) is 6.21 Å². The van der Waals surface area contributed by atoms with Crippen LogP contribution in [0.25, 0.3) is 0 Å². The van der Waals surface area contributed by atoms with Gasteiger partial charge in [0, 0.05) is 43.8 Å². The van der Waals surface area contributed by atoms with E-state index in [1.165, 1.54) is 5.57 Å². The van der Waals surface area contributed by atoms with E-state index in [9.17, 15) is 0 Å². The predicted octanol–water partition coefficient (Wildman–Crippen LogP) is 1.87. The van der Waals surface area contributed by atoms with E-state index in [0.29, 0.717) is 17.8 Å². The Morgan fingerprint density at radius 3 is 3.00 bits per heavy atom. The number of thioether (sulfide) groups is 1. The molecule has 2 atom stereocenters. The lowest BCUT2D eigenvalue weighted by molar-refractivity contribution is 0.194. The normalized spacial score (nSPS) is 29.9. The van der Waals surface area contributed by atoms with Crippen molar-refractivity contribution in [1.29, 1.82) is 0 Å². The predicted molar refractivity (Wildman–Crippen MR) is 107 cm³/mol. The second-order valence-electron chi connectivity index (χ2n) is 6.24. The number of guanidine groups is 1. The number of rotatable bonds is 2. The zero-order chi connectivity index (χ0) is 16.4. The summed E-state index contributed by atoms with van der Waals surface area (Å²) < 4.78 is 0. The molecular weight excluding hydrogens is 338 g/mol. The van der Waals surface area contributed by atoms with Gasteiger partial charge in [0.1, 0.15) is 0 Å². The molecule has 0 spiro atoms. The van der Waals surface area contributed by atoms with Gasteiger partial charge in [-0.15, -0.1) is 24.4 Å². The molecule has 126 valence electrons. The summed E-state index contributed by atoms with van der Waals surface area (Å²) in [6, 6.07) is 0.342. The Morgan fingerprint density at radius 1 is 1.25 bits per heavy atom. The van der Waals surface area contributed by atoms with Crippen LogP contribution in [0.1, 0.15) is 0 Å². The number of piperazine rings is 1. The van der Waals surface area contributed by atoms with E-state index >= 15 is 0 Å². The molecule has 5 nitrogen and oxygen atoms in total. The smallest absolute Gasteiger partial charge is 0.221 e. The zero-order valence-corrected chi connectivity index (χ0v) is 15.2. The van der Waals surface area contributed by atoms with Gasteiger partial charge in [0.05, 0.1) is 23.4 Å². The third-order valence-corrected chi connectivity index (χ3v) is 5.87. The monoisotopic (exact) mass is 359 g/mol. The second-order valence-corrected chi connectivity index (χ2v) is 7.78. The molecule has 3 heterocycles. The van der Waals surface area contributed by atoms with Gasteiger partial charge in [-0.2, -0.15) is 0 Å². The highest BCUT2D eigenvalue weighted by molar-refractivity contribution is 8.13. The summed E-state index contributed by atoms with van der Waals surface area (Å²) >= 11 is 6.15. The van der Waals surface area contributed by atoms with Crippen LogP contribution in [0.5, 0.6) is 0 Å². The van der Waals surface area contributed by atoms with Crippen LogP contribution in [0, 0.1) is 0 Å². The largest absolute Gasteiger partial charge is 0.339 e. The van der Waals surface area contributed by atoms with Crippen LogP contribution in [-0.2, 0) is 0 Å². The van der Waals surface area contributed by atoms with Gasteiger partial charge in [-0.25, -0.2) is 9.98 Å². The SMILES string of the molecule is SC1=CCN=C(N2CCN(CC3=CC4N=CSC4C=C3)CC2)N=C1. The molecule has 0 radical (unpaired) electrons. The third-order valence-electron chi connectivity index (χ3n) is 4.58. The highest BCUT2D eigenvalue weighted by Gasteiger charge is 2.25. The van der Waals surface area contributed by atoms with Crippen LogP contribution in [0.2, 0.25) is 0 Å². The summed E-state index contributed by atoms with van der Waals surface area (Å²) in [5.74, 6) is 0.840. The quantitative estimate of drug-likeness (QED) is 0.766. The molecule has 0 aromatic carbocycles. The van der Waals surface area contributed by atoms with Crippen LogP contribution >= 0.6 is 24.4 Å². The lowest BCUT2D eigenvalue weighted by atomic mass is 10.0. The number of allylic oxidation sites excluding steroid dienone is 1. The van der Waals surface area contributed by atoms with Gasteiger partial charge in [0.2, 0.25) is 5.96 Å². The molecule has 0 amide bonds. The van der Waals surface area contributed by atoms with Gasteiger partial charge >= 0.3 is 0 Å². The Bertz CT molecular complexity index is 668. The molecule has 3 aliphatic heterocycles. The number of fused-ring (bicyclic) bond motifs is 1. The summed E-state index contributed by atoms with van der Waals surface area (Å²) in [5, 5.41) is 0.516.